The molecule has 2 heteroatoms. The Morgan fingerprint density at radius 3 is 1.66 bits per heavy atom. The highest BCUT2D eigenvalue weighted by molar-refractivity contribution is 6.25. The summed E-state index contributed by atoms with van der Waals surface area (Å²) in [6.07, 6.45) is 9.13. The number of para-hydroxylation sites is 3. The first-order chi connectivity index (χ1) is 21.9. The van der Waals surface area contributed by atoms with Crippen molar-refractivity contribution in [2.24, 2.45) is 0 Å². The first kappa shape index (κ1) is 23.9. The number of benzene rings is 7. The highest BCUT2D eigenvalue weighted by Crippen LogP contribution is 2.51. The lowest BCUT2D eigenvalue weighted by Gasteiger charge is -2.30. The lowest BCUT2D eigenvalue weighted by molar-refractivity contribution is 0.746. The molecule has 0 radical (unpaired) electrons. The van der Waals surface area contributed by atoms with E-state index < -0.39 is 0 Å². The van der Waals surface area contributed by atoms with Crippen LogP contribution in [0.15, 0.2) is 158 Å². The van der Waals surface area contributed by atoms with Gasteiger partial charge in [-0.2, -0.15) is 0 Å². The molecule has 8 aromatic rings. The van der Waals surface area contributed by atoms with E-state index in [1.165, 1.54) is 76.7 Å². The topological polar surface area (TPSA) is 8.17 Å². The van der Waals surface area contributed by atoms with Gasteiger partial charge in [-0.25, -0.2) is 0 Å². The Hall–Kier alpha value is -5.60. The molecule has 1 aromatic heterocycles. The van der Waals surface area contributed by atoms with Crippen molar-refractivity contribution >= 4 is 65.5 Å². The molecule has 44 heavy (non-hydrogen) atoms. The van der Waals surface area contributed by atoms with Gasteiger partial charge in [-0.3, -0.25) is 0 Å². The van der Waals surface area contributed by atoms with Gasteiger partial charge in [0, 0.05) is 33.2 Å². The van der Waals surface area contributed by atoms with Gasteiger partial charge >= 0.3 is 0 Å². The van der Waals surface area contributed by atoms with Gasteiger partial charge in [-0.1, -0.05) is 127 Å². The molecule has 2 atom stereocenters. The number of fused-ring (bicyclic) bond motifs is 11. The van der Waals surface area contributed by atoms with Crippen molar-refractivity contribution < 1.29 is 0 Å². The van der Waals surface area contributed by atoms with Crippen LogP contribution in [0, 0.1) is 0 Å². The summed E-state index contributed by atoms with van der Waals surface area (Å²) in [5.41, 5.74) is 7.63. The molecule has 1 aliphatic carbocycles. The number of aromatic nitrogens is 1. The average molecular weight is 561 g/mol. The predicted octanol–water partition coefficient (Wildman–Crippen LogP) is 11.0. The molecule has 0 saturated carbocycles. The Bertz CT molecular complexity index is 2480. The van der Waals surface area contributed by atoms with Gasteiger partial charge in [0.1, 0.15) is 0 Å². The molecule has 0 spiro atoms. The van der Waals surface area contributed by atoms with Crippen molar-refractivity contribution in [3.8, 4) is 5.69 Å². The van der Waals surface area contributed by atoms with Crippen molar-refractivity contribution in [3.05, 3.63) is 163 Å². The third kappa shape index (κ3) is 3.15. The zero-order valence-corrected chi connectivity index (χ0v) is 24.1. The fraction of sp³-hybridized carbons (Fsp3) is 0.0476. The zero-order valence-electron chi connectivity index (χ0n) is 24.1. The Morgan fingerprint density at radius 1 is 0.432 bits per heavy atom. The Balaban J connectivity index is 1.35. The van der Waals surface area contributed by atoms with Crippen LogP contribution in [0.3, 0.4) is 0 Å². The van der Waals surface area contributed by atoms with Crippen LogP contribution in [-0.2, 0) is 0 Å². The smallest absolute Gasteiger partial charge is 0.0629 e. The largest absolute Gasteiger partial charge is 0.333 e. The van der Waals surface area contributed by atoms with Crippen molar-refractivity contribution in [3.63, 3.8) is 0 Å². The highest BCUT2D eigenvalue weighted by atomic mass is 15.2. The SMILES string of the molecule is C1=CC2c3ccccc3N(c3cc4cc(-n5c6ccccc6c6ccccc65)c5ccccc5c4c4ccccc34)C2C=C1. The Kier molecular flexibility index (Phi) is 4.86. The summed E-state index contributed by atoms with van der Waals surface area (Å²) in [7, 11) is 0. The van der Waals surface area contributed by atoms with E-state index in [4.69, 9.17) is 0 Å². The monoisotopic (exact) mass is 560 g/mol. The maximum Gasteiger partial charge on any atom is 0.0629 e. The Morgan fingerprint density at radius 2 is 0.955 bits per heavy atom. The van der Waals surface area contributed by atoms with Crippen molar-refractivity contribution in [2.45, 2.75) is 12.0 Å². The predicted molar refractivity (Wildman–Crippen MR) is 187 cm³/mol. The molecule has 0 bridgehead atoms. The number of hydrogen-bond donors (Lipinski definition) is 0. The maximum absolute atomic E-state index is 2.58. The van der Waals surface area contributed by atoms with Crippen LogP contribution in [0.5, 0.6) is 0 Å². The minimum Gasteiger partial charge on any atom is -0.333 e. The van der Waals surface area contributed by atoms with Crippen LogP contribution < -0.4 is 4.90 Å². The van der Waals surface area contributed by atoms with Crippen LogP contribution in [0.4, 0.5) is 11.4 Å². The molecule has 10 rings (SSSR count). The lowest BCUT2D eigenvalue weighted by atomic mass is 9.91. The fourth-order valence-electron chi connectivity index (χ4n) is 8.08. The van der Waals surface area contributed by atoms with Gasteiger partial charge in [0.15, 0.2) is 0 Å². The van der Waals surface area contributed by atoms with Crippen molar-refractivity contribution in [2.75, 3.05) is 4.90 Å². The quantitative estimate of drug-likeness (QED) is 0.191. The van der Waals surface area contributed by atoms with E-state index in [1.807, 2.05) is 0 Å². The van der Waals surface area contributed by atoms with E-state index in [0.29, 0.717) is 5.92 Å². The van der Waals surface area contributed by atoms with E-state index >= 15 is 0 Å². The van der Waals surface area contributed by atoms with E-state index in [2.05, 4.69) is 167 Å². The second-order valence-electron chi connectivity index (χ2n) is 12.1. The van der Waals surface area contributed by atoms with Gasteiger partial charge in [0.2, 0.25) is 0 Å². The van der Waals surface area contributed by atoms with E-state index in [1.54, 1.807) is 0 Å². The summed E-state index contributed by atoms with van der Waals surface area (Å²) in [4.78, 5) is 2.58. The van der Waals surface area contributed by atoms with E-state index in [0.717, 1.165) is 0 Å². The molecule has 0 fully saturated rings. The molecule has 2 heterocycles. The molecule has 2 unspecified atom stereocenters. The third-order valence-electron chi connectivity index (χ3n) is 9.86. The van der Waals surface area contributed by atoms with Crippen LogP contribution in [0.25, 0.3) is 59.8 Å². The lowest BCUT2D eigenvalue weighted by Crippen LogP contribution is -2.28. The van der Waals surface area contributed by atoms with Gasteiger partial charge < -0.3 is 9.47 Å². The minimum atomic E-state index is 0.246. The van der Waals surface area contributed by atoms with Gasteiger partial charge in [-0.05, 0) is 57.4 Å². The zero-order chi connectivity index (χ0) is 28.8. The normalized spacial score (nSPS) is 17.3. The summed E-state index contributed by atoms with van der Waals surface area (Å²) in [5.74, 6) is 0.343. The fourth-order valence-corrected chi connectivity index (χ4v) is 8.08. The summed E-state index contributed by atoms with van der Waals surface area (Å²) in [5, 5.41) is 10.3. The molecule has 0 saturated heterocycles. The molecule has 0 N–H and O–H groups in total. The molecule has 1 aliphatic heterocycles. The Labute approximate surface area is 255 Å². The molecule has 206 valence electrons. The van der Waals surface area contributed by atoms with Crippen LogP contribution >= 0.6 is 0 Å². The van der Waals surface area contributed by atoms with Crippen LogP contribution in [0.2, 0.25) is 0 Å². The molecule has 7 aromatic carbocycles. The first-order valence-corrected chi connectivity index (χ1v) is 15.5. The van der Waals surface area contributed by atoms with Crippen LogP contribution in [-0.4, -0.2) is 10.6 Å². The summed E-state index contributed by atoms with van der Waals surface area (Å²) in [6, 6.07) is 49.6. The van der Waals surface area contributed by atoms with Gasteiger partial charge in [0.05, 0.1) is 28.5 Å². The van der Waals surface area contributed by atoms with Crippen LogP contribution in [0.1, 0.15) is 11.5 Å². The standard InChI is InChI=1S/C42H28N2/c1-3-19-34-32(17-1)40(43-36-21-9-5-13-28(36)29-14-6-10-22-37(29)43)25-27-26-41(33-18-2-4-20-35(33)42(27)34)44-38-23-11-7-15-30(38)31-16-8-12-24-39(31)44/h1-26,28,36H. The minimum absolute atomic E-state index is 0.246. The molecular formula is C42H28N2. The average Bonchev–Trinajstić information content (AvgIpc) is 3.60. The number of allylic oxidation sites excluding steroid dienone is 2. The van der Waals surface area contributed by atoms with Crippen molar-refractivity contribution in [1.82, 2.24) is 4.57 Å². The first-order valence-electron chi connectivity index (χ1n) is 15.5. The van der Waals surface area contributed by atoms with Gasteiger partial charge in [0.25, 0.3) is 0 Å². The number of nitrogens with zero attached hydrogens (tertiary/aromatic N) is 2. The second-order valence-corrected chi connectivity index (χ2v) is 12.1. The maximum atomic E-state index is 2.58. The van der Waals surface area contributed by atoms with Gasteiger partial charge in [-0.15, -0.1) is 0 Å². The molecule has 2 nitrogen and oxygen atoms in total. The molecule has 2 aliphatic rings. The third-order valence-corrected chi connectivity index (χ3v) is 9.86. The number of anilines is 2. The summed E-state index contributed by atoms with van der Waals surface area (Å²) < 4.78 is 2.47. The number of rotatable bonds is 2. The molecule has 0 amide bonds. The summed E-state index contributed by atoms with van der Waals surface area (Å²) in [6.45, 7) is 0. The second kappa shape index (κ2) is 8.95. The summed E-state index contributed by atoms with van der Waals surface area (Å²) >= 11 is 0. The van der Waals surface area contributed by atoms with Crippen molar-refractivity contribution in [1.29, 1.82) is 0 Å². The highest BCUT2D eigenvalue weighted by Gasteiger charge is 2.37. The van der Waals surface area contributed by atoms with E-state index in [-0.39, 0.29) is 6.04 Å². The van der Waals surface area contributed by atoms with E-state index in [9.17, 15) is 0 Å². The molecular weight excluding hydrogens is 532 g/mol. The number of hydrogen-bond acceptors (Lipinski definition) is 1.